The Labute approximate surface area is 135 Å². The molecule has 0 bridgehead atoms. The van der Waals surface area contributed by atoms with Crippen molar-refractivity contribution in [1.29, 1.82) is 0 Å². The predicted octanol–water partition coefficient (Wildman–Crippen LogP) is 2.02. The second-order valence-electron chi connectivity index (χ2n) is 5.83. The zero-order chi connectivity index (χ0) is 16.2. The molecule has 0 radical (unpaired) electrons. The number of hydrogen-bond acceptors (Lipinski definition) is 5. The van der Waals surface area contributed by atoms with Gasteiger partial charge in [0.05, 0.1) is 11.6 Å². The van der Waals surface area contributed by atoms with Crippen LogP contribution in [0.25, 0.3) is 0 Å². The molecule has 1 atom stereocenters. The quantitative estimate of drug-likeness (QED) is 0.933. The summed E-state index contributed by atoms with van der Waals surface area (Å²) in [5, 5.41) is 7.15. The molecule has 23 heavy (non-hydrogen) atoms. The number of piperidine rings is 1. The van der Waals surface area contributed by atoms with E-state index in [2.05, 4.69) is 20.2 Å². The molecule has 1 N–H and O–H groups in total. The molecule has 1 fully saturated rings. The normalized spacial score (nSPS) is 18.2. The van der Waals surface area contributed by atoms with E-state index in [-0.39, 0.29) is 11.9 Å². The molecule has 122 valence electrons. The highest BCUT2D eigenvalue weighted by Crippen LogP contribution is 2.30. The molecule has 7 heteroatoms. The number of aromatic amines is 1. The summed E-state index contributed by atoms with van der Waals surface area (Å²) in [6.07, 6.45) is 6.30. The lowest BCUT2D eigenvalue weighted by Gasteiger charge is -2.34. The van der Waals surface area contributed by atoms with Gasteiger partial charge in [0.25, 0.3) is 5.91 Å². The first kappa shape index (κ1) is 15.6. The first-order chi connectivity index (χ1) is 11.2. The van der Waals surface area contributed by atoms with Gasteiger partial charge >= 0.3 is 0 Å². The van der Waals surface area contributed by atoms with Gasteiger partial charge in [-0.3, -0.25) is 14.9 Å². The first-order valence-electron chi connectivity index (χ1n) is 7.82. The maximum absolute atomic E-state index is 12.9. The number of methoxy groups -OCH3 is 1. The van der Waals surface area contributed by atoms with E-state index < -0.39 is 0 Å². The number of likely N-dealkylation sites (tertiary alicyclic amines) is 1. The van der Waals surface area contributed by atoms with Crippen LogP contribution < -0.4 is 0 Å². The first-order valence-corrected chi connectivity index (χ1v) is 7.82. The fourth-order valence-corrected chi connectivity index (χ4v) is 2.94. The molecular formula is C16H21N5O2. The number of aryl methyl sites for hydroxylation is 1. The van der Waals surface area contributed by atoms with E-state index in [1.807, 2.05) is 17.9 Å². The number of hydrogen-bond donors (Lipinski definition) is 1. The fraction of sp³-hybridized carbons (Fsp3) is 0.500. The number of pyridine rings is 1. The van der Waals surface area contributed by atoms with Gasteiger partial charge in [-0.1, -0.05) is 0 Å². The number of nitrogens with zero attached hydrogens (tertiary/aromatic N) is 4. The number of H-pyrrole nitrogens is 1. The van der Waals surface area contributed by atoms with Crippen molar-refractivity contribution in [3.8, 4) is 0 Å². The molecule has 0 spiro atoms. The minimum Gasteiger partial charge on any atom is -0.377 e. The molecule has 7 nitrogen and oxygen atoms in total. The van der Waals surface area contributed by atoms with Crippen molar-refractivity contribution >= 4 is 5.91 Å². The Morgan fingerprint density at radius 3 is 3.09 bits per heavy atom. The summed E-state index contributed by atoms with van der Waals surface area (Å²) < 4.78 is 5.06. The van der Waals surface area contributed by atoms with Gasteiger partial charge in [0.15, 0.2) is 11.6 Å². The number of rotatable bonds is 4. The molecule has 1 aliphatic heterocycles. The van der Waals surface area contributed by atoms with Gasteiger partial charge in [0, 0.05) is 26.0 Å². The van der Waals surface area contributed by atoms with Crippen molar-refractivity contribution in [3.05, 3.63) is 41.2 Å². The smallest absolute Gasteiger partial charge is 0.256 e. The minimum absolute atomic E-state index is 0.0102. The Morgan fingerprint density at radius 1 is 1.43 bits per heavy atom. The van der Waals surface area contributed by atoms with Crippen molar-refractivity contribution in [1.82, 2.24) is 25.1 Å². The molecule has 1 aliphatic rings. The second-order valence-corrected chi connectivity index (χ2v) is 5.83. The van der Waals surface area contributed by atoms with Crippen LogP contribution in [0, 0.1) is 6.92 Å². The summed E-state index contributed by atoms with van der Waals surface area (Å²) in [4.78, 5) is 23.3. The highest BCUT2D eigenvalue weighted by molar-refractivity contribution is 5.94. The highest BCUT2D eigenvalue weighted by Gasteiger charge is 2.31. The van der Waals surface area contributed by atoms with Gasteiger partial charge in [0.2, 0.25) is 0 Å². The minimum atomic E-state index is -0.0985. The summed E-state index contributed by atoms with van der Waals surface area (Å²) >= 11 is 0. The fourth-order valence-electron chi connectivity index (χ4n) is 2.94. The van der Waals surface area contributed by atoms with E-state index >= 15 is 0 Å². The molecule has 1 saturated heterocycles. The zero-order valence-electron chi connectivity index (χ0n) is 13.5. The van der Waals surface area contributed by atoms with Crippen LogP contribution in [0.2, 0.25) is 0 Å². The topological polar surface area (TPSA) is 84.0 Å². The van der Waals surface area contributed by atoms with Crippen LogP contribution in [0.1, 0.15) is 52.9 Å². The average molecular weight is 315 g/mol. The van der Waals surface area contributed by atoms with Crippen LogP contribution in [0.3, 0.4) is 0 Å². The molecule has 3 rings (SSSR count). The molecule has 0 aliphatic carbocycles. The Morgan fingerprint density at radius 2 is 2.30 bits per heavy atom. The Hall–Kier alpha value is -2.28. The lowest BCUT2D eigenvalue weighted by molar-refractivity contribution is 0.0599. The third kappa shape index (κ3) is 3.39. The van der Waals surface area contributed by atoms with Crippen molar-refractivity contribution < 1.29 is 9.53 Å². The standard InChI is InChI=1S/C16H21N5O2/c1-11-7-12(9-17-8-11)16(22)21-6-4-3-5-13(21)15-18-14(10-23-2)19-20-15/h7-9,13H,3-6,10H2,1-2H3,(H,18,19,20)/t13-/m0/s1. The third-order valence-corrected chi connectivity index (χ3v) is 4.01. The lowest BCUT2D eigenvalue weighted by atomic mass is 10.0. The monoisotopic (exact) mass is 315 g/mol. The number of carbonyl (C=O) groups excluding carboxylic acids is 1. The van der Waals surface area contributed by atoms with E-state index in [0.717, 1.165) is 24.8 Å². The van der Waals surface area contributed by atoms with Crippen molar-refractivity contribution in [2.75, 3.05) is 13.7 Å². The van der Waals surface area contributed by atoms with Gasteiger partial charge in [-0.2, -0.15) is 5.10 Å². The SMILES string of the molecule is COCc1nc([C@@H]2CCCCN2C(=O)c2cncc(C)c2)n[nH]1. The van der Waals surface area contributed by atoms with E-state index in [0.29, 0.717) is 30.4 Å². The van der Waals surface area contributed by atoms with E-state index in [9.17, 15) is 4.79 Å². The van der Waals surface area contributed by atoms with Crippen LogP contribution in [0.5, 0.6) is 0 Å². The zero-order valence-corrected chi connectivity index (χ0v) is 13.5. The van der Waals surface area contributed by atoms with Crippen LogP contribution in [0.4, 0.5) is 0 Å². The van der Waals surface area contributed by atoms with Crippen LogP contribution in [-0.4, -0.2) is 44.6 Å². The van der Waals surface area contributed by atoms with Gasteiger partial charge in [-0.25, -0.2) is 4.98 Å². The molecule has 0 unspecified atom stereocenters. The number of ether oxygens (including phenoxy) is 1. The molecule has 3 heterocycles. The molecule has 2 aromatic rings. The lowest BCUT2D eigenvalue weighted by Crippen LogP contribution is -2.39. The van der Waals surface area contributed by atoms with E-state index in [1.54, 1.807) is 19.5 Å². The van der Waals surface area contributed by atoms with Gasteiger partial charge < -0.3 is 9.64 Å². The molecule has 0 aromatic carbocycles. The molecular weight excluding hydrogens is 294 g/mol. The molecule has 0 saturated carbocycles. The number of aromatic nitrogens is 4. The largest absolute Gasteiger partial charge is 0.377 e. The third-order valence-electron chi connectivity index (χ3n) is 4.01. The van der Waals surface area contributed by atoms with E-state index in [1.165, 1.54) is 0 Å². The Balaban J connectivity index is 1.84. The maximum atomic E-state index is 12.9. The van der Waals surface area contributed by atoms with Gasteiger partial charge in [-0.15, -0.1) is 0 Å². The van der Waals surface area contributed by atoms with Crippen LogP contribution in [-0.2, 0) is 11.3 Å². The number of amides is 1. The van der Waals surface area contributed by atoms with Crippen molar-refractivity contribution in [2.24, 2.45) is 0 Å². The molecule has 1 amide bonds. The number of carbonyl (C=O) groups is 1. The predicted molar refractivity (Wildman–Crippen MR) is 83.7 cm³/mol. The van der Waals surface area contributed by atoms with Crippen molar-refractivity contribution in [2.45, 2.75) is 38.8 Å². The summed E-state index contributed by atoms with van der Waals surface area (Å²) in [5.41, 5.74) is 1.59. The maximum Gasteiger partial charge on any atom is 0.256 e. The summed E-state index contributed by atoms with van der Waals surface area (Å²) in [7, 11) is 1.61. The Bertz CT molecular complexity index is 685. The van der Waals surface area contributed by atoms with E-state index in [4.69, 9.17) is 4.74 Å². The van der Waals surface area contributed by atoms with Crippen LogP contribution >= 0.6 is 0 Å². The average Bonchev–Trinajstić information content (AvgIpc) is 3.03. The Kier molecular flexibility index (Phi) is 4.66. The summed E-state index contributed by atoms with van der Waals surface area (Å²) in [6, 6.07) is 1.77. The summed E-state index contributed by atoms with van der Waals surface area (Å²) in [6.45, 7) is 3.03. The second kappa shape index (κ2) is 6.87. The highest BCUT2D eigenvalue weighted by atomic mass is 16.5. The number of nitrogens with one attached hydrogen (secondary N) is 1. The van der Waals surface area contributed by atoms with Gasteiger partial charge in [-0.05, 0) is 37.8 Å². The molecule has 2 aromatic heterocycles. The van der Waals surface area contributed by atoms with Crippen LogP contribution in [0.15, 0.2) is 18.5 Å². The summed E-state index contributed by atoms with van der Waals surface area (Å²) in [5.74, 6) is 1.33. The van der Waals surface area contributed by atoms with Gasteiger partial charge in [0.1, 0.15) is 6.61 Å². The van der Waals surface area contributed by atoms with Crippen molar-refractivity contribution in [3.63, 3.8) is 0 Å².